The Hall–Kier alpha value is -9.87. The Labute approximate surface area is 394 Å². The van der Waals surface area contributed by atoms with Gasteiger partial charge in [-0.25, -0.2) is 19.7 Å². The molecule has 316 valence electrons. The molecule has 2 aromatic heterocycles. The van der Waals surface area contributed by atoms with Gasteiger partial charge in [0.2, 0.25) is 0 Å². The highest BCUT2D eigenvalue weighted by Gasteiger charge is 2.18. The van der Waals surface area contributed by atoms with Gasteiger partial charge in [0.15, 0.2) is 17.2 Å². The number of nitriles is 1. The van der Waals surface area contributed by atoms with E-state index in [2.05, 4.69) is 147 Å². The van der Waals surface area contributed by atoms with E-state index in [1.54, 1.807) is 18.2 Å². The molecule has 0 aliphatic heterocycles. The van der Waals surface area contributed by atoms with Gasteiger partial charge in [-0.05, 0) is 113 Å². The molecule has 0 saturated carbocycles. The van der Waals surface area contributed by atoms with Crippen molar-refractivity contribution in [3.63, 3.8) is 0 Å². The van der Waals surface area contributed by atoms with E-state index < -0.39 is 0 Å². The lowest BCUT2D eigenvalue weighted by Gasteiger charge is -2.25. The molecule has 0 saturated heterocycles. The minimum atomic E-state index is 0.481. The first-order valence-electron chi connectivity index (χ1n) is 22.1. The molecule has 0 amide bonds. The maximum absolute atomic E-state index is 10.5. The van der Waals surface area contributed by atoms with Gasteiger partial charge in [-0.1, -0.05) is 140 Å². The van der Waals surface area contributed by atoms with Gasteiger partial charge >= 0.3 is 0 Å². The standard InChI is InChI=1S/C61H37N7/c1-63-48-15-11-13-45(36-48)58-39-57(65-61(66-58)46-14-12-16-49(37-46)64-2)43-25-23-42(24-26-43)54-33-29-44(35-47(54)40-62)41-27-30-52(31-28-41)68-59-22-10-9-21-55(59)56-38-53(32-34-60(56)68)67(50-17-5-3-6-18-50)51-19-7-4-8-20-51/h3-39H. The fraction of sp³-hybridized carbons (Fsp3) is 0. The summed E-state index contributed by atoms with van der Waals surface area (Å²) in [7, 11) is 0. The van der Waals surface area contributed by atoms with Crippen LogP contribution in [0.3, 0.4) is 0 Å². The smallest absolute Gasteiger partial charge is 0.187 e. The molecular weight excluding hydrogens is 831 g/mol. The highest BCUT2D eigenvalue weighted by molar-refractivity contribution is 6.10. The second-order valence-electron chi connectivity index (χ2n) is 16.3. The summed E-state index contributed by atoms with van der Waals surface area (Å²) < 4.78 is 2.32. The van der Waals surface area contributed by atoms with Crippen LogP contribution in [0, 0.1) is 24.5 Å². The lowest BCUT2D eigenvalue weighted by atomic mass is 9.94. The van der Waals surface area contributed by atoms with Crippen molar-refractivity contribution < 1.29 is 0 Å². The van der Waals surface area contributed by atoms with E-state index in [0.717, 1.165) is 72.7 Å². The Kier molecular flexibility index (Phi) is 10.6. The van der Waals surface area contributed by atoms with Gasteiger partial charge in [0.1, 0.15) is 0 Å². The van der Waals surface area contributed by atoms with Crippen LogP contribution in [-0.4, -0.2) is 14.5 Å². The Morgan fingerprint density at radius 3 is 1.68 bits per heavy atom. The second-order valence-corrected chi connectivity index (χ2v) is 16.3. The van der Waals surface area contributed by atoms with Crippen LogP contribution in [0.25, 0.3) is 93.3 Å². The van der Waals surface area contributed by atoms with Gasteiger partial charge in [-0.3, -0.25) is 0 Å². The predicted octanol–water partition coefficient (Wildman–Crippen LogP) is 16.4. The summed E-state index contributed by atoms with van der Waals surface area (Å²) in [5, 5.41) is 12.8. The zero-order chi connectivity index (χ0) is 46.0. The third kappa shape index (κ3) is 7.67. The molecule has 7 nitrogen and oxygen atoms in total. The molecule has 0 aliphatic carbocycles. The highest BCUT2D eigenvalue weighted by Crippen LogP contribution is 2.40. The first-order chi connectivity index (χ1) is 33.5. The van der Waals surface area contributed by atoms with Crippen molar-refractivity contribution in [2.45, 2.75) is 0 Å². The van der Waals surface area contributed by atoms with E-state index >= 15 is 0 Å². The molecule has 0 aliphatic rings. The molecule has 0 unspecified atom stereocenters. The number of fused-ring (bicyclic) bond motifs is 3. The Balaban J connectivity index is 0.901. The lowest BCUT2D eigenvalue weighted by molar-refractivity contribution is 1.18. The second kappa shape index (κ2) is 17.6. The van der Waals surface area contributed by atoms with Crippen LogP contribution in [0.2, 0.25) is 0 Å². The first kappa shape index (κ1) is 40.9. The van der Waals surface area contributed by atoms with Crippen LogP contribution in [0.1, 0.15) is 5.56 Å². The number of hydrogen-bond donors (Lipinski definition) is 0. The van der Waals surface area contributed by atoms with Crippen molar-refractivity contribution in [2.24, 2.45) is 0 Å². The van der Waals surface area contributed by atoms with E-state index in [4.69, 9.17) is 23.1 Å². The van der Waals surface area contributed by atoms with Crippen LogP contribution < -0.4 is 4.90 Å². The minimum absolute atomic E-state index is 0.481. The molecule has 0 N–H and O–H groups in total. The molecule has 9 aromatic carbocycles. The Bertz CT molecular complexity index is 3700. The Morgan fingerprint density at radius 1 is 0.426 bits per heavy atom. The van der Waals surface area contributed by atoms with Crippen molar-refractivity contribution in [1.29, 1.82) is 5.26 Å². The summed E-state index contributed by atoms with van der Waals surface area (Å²) in [5.41, 5.74) is 15.6. The van der Waals surface area contributed by atoms with Crippen LogP contribution in [-0.2, 0) is 0 Å². The summed E-state index contributed by atoms with van der Waals surface area (Å²) in [4.78, 5) is 19.3. The van der Waals surface area contributed by atoms with Gasteiger partial charge < -0.3 is 9.47 Å². The topological polar surface area (TPSA) is 66.5 Å². The molecule has 11 rings (SSSR count). The maximum atomic E-state index is 10.5. The third-order valence-electron chi connectivity index (χ3n) is 12.3. The van der Waals surface area contributed by atoms with Gasteiger partial charge in [0.05, 0.1) is 47.2 Å². The number of nitrogens with zero attached hydrogens (tertiary/aromatic N) is 7. The number of anilines is 3. The lowest BCUT2D eigenvalue weighted by Crippen LogP contribution is -2.09. The normalized spacial score (nSPS) is 10.9. The van der Waals surface area contributed by atoms with E-state index in [1.165, 1.54) is 10.8 Å². The van der Waals surface area contributed by atoms with Crippen LogP contribution in [0.4, 0.5) is 28.4 Å². The van der Waals surface area contributed by atoms with E-state index in [-0.39, 0.29) is 0 Å². The fourth-order valence-electron chi connectivity index (χ4n) is 8.99. The van der Waals surface area contributed by atoms with Gasteiger partial charge in [0, 0.05) is 44.6 Å². The molecular formula is C61H37N7. The van der Waals surface area contributed by atoms with E-state index in [9.17, 15) is 5.26 Å². The Morgan fingerprint density at radius 2 is 1.00 bits per heavy atom. The van der Waals surface area contributed by atoms with Gasteiger partial charge in [0.25, 0.3) is 0 Å². The quantitative estimate of drug-likeness (QED) is 0.136. The zero-order valence-corrected chi connectivity index (χ0v) is 36.5. The maximum Gasteiger partial charge on any atom is 0.187 e. The summed E-state index contributed by atoms with van der Waals surface area (Å²) in [5.74, 6) is 0.481. The molecule has 0 spiro atoms. The molecule has 7 heteroatoms. The van der Waals surface area contributed by atoms with E-state index in [0.29, 0.717) is 34.2 Å². The average Bonchev–Trinajstić information content (AvgIpc) is 3.75. The van der Waals surface area contributed by atoms with Crippen molar-refractivity contribution >= 4 is 50.2 Å². The SMILES string of the molecule is [C-]#[N+]c1cccc(-c2cc(-c3ccc(-c4ccc(-c5ccc(-n6c7ccccc7c7cc(N(c8ccccc8)c8ccccc8)ccc76)cc5)cc4C#N)cc3)nc(-c3cccc([N+]#[C-])c3)n2)c1. The van der Waals surface area contributed by atoms with Crippen LogP contribution in [0.15, 0.2) is 224 Å². The van der Waals surface area contributed by atoms with Crippen molar-refractivity contribution in [3.8, 4) is 67.9 Å². The molecule has 0 bridgehead atoms. The first-order valence-corrected chi connectivity index (χ1v) is 22.1. The number of rotatable bonds is 9. The summed E-state index contributed by atoms with van der Waals surface area (Å²) in [6.07, 6.45) is 0. The van der Waals surface area contributed by atoms with Gasteiger partial charge in [-0.15, -0.1) is 0 Å². The monoisotopic (exact) mass is 867 g/mol. The van der Waals surface area contributed by atoms with Crippen molar-refractivity contribution in [2.75, 3.05) is 4.90 Å². The summed E-state index contributed by atoms with van der Waals surface area (Å²) in [6.45, 7) is 15.1. The number of aromatic nitrogens is 3. The average molecular weight is 868 g/mol. The molecule has 0 fully saturated rings. The molecule has 0 atom stereocenters. The van der Waals surface area contributed by atoms with Crippen molar-refractivity contribution in [1.82, 2.24) is 14.5 Å². The highest BCUT2D eigenvalue weighted by atomic mass is 15.1. The molecule has 11 aromatic rings. The van der Waals surface area contributed by atoms with Gasteiger partial charge in [-0.2, -0.15) is 5.26 Å². The number of benzene rings is 9. The molecule has 2 heterocycles. The molecule has 0 radical (unpaired) electrons. The third-order valence-corrected chi connectivity index (χ3v) is 12.3. The van der Waals surface area contributed by atoms with E-state index in [1.807, 2.05) is 84.9 Å². The summed E-state index contributed by atoms with van der Waals surface area (Å²) in [6, 6.07) is 77.9. The number of hydrogen-bond acceptors (Lipinski definition) is 4. The molecule has 68 heavy (non-hydrogen) atoms. The zero-order valence-electron chi connectivity index (χ0n) is 36.5. The van der Waals surface area contributed by atoms with Crippen molar-refractivity contribution in [3.05, 3.63) is 253 Å². The predicted molar refractivity (Wildman–Crippen MR) is 275 cm³/mol. The number of para-hydroxylation sites is 3. The minimum Gasteiger partial charge on any atom is -0.310 e. The van der Waals surface area contributed by atoms with Crippen LogP contribution >= 0.6 is 0 Å². The van der Waals surface area contributed by atoms with Crippen LogP contribution in [0.5, 0.6) is 0 Å². The summed E-state index contributed by atoms with van der Waals surface area (Å²) >= 11 is 0. The fourth-order valence-corrected chi connectivity index (χ4v) is 8.99. The largest absolute Gasteiger partial charge is 0.310 e.